The van der Waals surface area contributed by atoms with Gasteiger partial charge in [0.25, 0.3) is 0 Å². The maximum absolute atomic E-state index is 11.1. The molecule has 0 radical (unpaired) electrons. The molecule has 0 aromatic rings. The summed E-state index contributed by atoms with van der Waals surface area (Å²) in [7, 11) is 0. The first kappa shape index (κ1) is 8.99. The third kappa shape index (κ3) is 1.73. The monoisotopic (exact) mass is 163 g/mol. The molecule has 0 aromatic carbocycles. The second-order valence-electron chi connectivity index (χ2n) is 3.38. The predicted molar refractivity (Wildman–Crippen MR) is 46.3 cm³/mol. The lowest BCUT2D eigenvalue weighted by atomic mass is 9.84. The maximum atomic E-state index is 11.1. The minimum absolute atomic E-state index is 0.0626. The Kier molecular flexibility index (Phi) is 2.65. The normalized spacial score (nSPS) is 23.6. The van der Waals surface area contributed by atoms with Gasteiger partial charge < -0.3 is 0 Å². The van der Waals surface area contributed by atoms with E-state index in [2.05, 4.69) is 6.07 Å². The van der Waals surface area contributed by atoms with Crippen LogP contribution >= 0.6 is 0 Å². The van der Waals surface area contributed by atoms with E-state index in [9.17, 15) is 4.79 Å². The average molecular weight is 163 g/mol. The summed E-state index contributed by atoms with van der Waals surface area (Å²) in [6.45, 7) is 3.57. The standard InChI is InChI=1S/C10H13NO/c1-7-3-4-9(6-11)5-10(7)8(2)12/h9H,3-5H2,1-2H3. The van der Waals surface area contributed by atoms with E-state index in [0.29, 0.717) is 6.42 Å². The summed E-state index contributed by atoms with van der Waals surface area (Å²) in [6.07, 6.45) is 2.49. The summed E-state index contributed by atoms with van der Waals surface area (Å²) in [5.41, 5.74) is 2.06. The zero-order valence-corrected chi connectivity index (χ0v) is 7.55. The molecule has 1 unspecified atom stereocenters. The van der Waals surface area contributed by atoms with E-state index in [1.165, 1.54) is 5.57 Å². The number of nitriles is 1. The Morgan fingerprint density at radius 2 is 2.33 bits per heavy atom. The Hall–Kier alpha value is -1.10. The van der Waals surface area contributed by atoms with Crippen molar-refractivity contribution >= 4 is 5.78 Å². The summed E-state index contributed by atoms with van der Waals surface area (Å²) in [5, 5.41) is 8.69. The van der Waals surface area contributed by atoms with E-state index < -0.39 is 0 Å². The van der Waals surface area contributed by atoms with Crippen molar-refractivity contribution in [3.63, 3.8) is 0 Å². The highest BCUT2D eigenvalue weighted by Crippen LogP contribution is 2.28. The second kappa shape index (κ2) is 3.53. The number of carbonyl (C=O) groups excluding carboxylic acids is 1. The number of allylic oxidation sites excluding steroid dienone is 2. The summed E-state index contributed by atoms with van der Waals surface area (Å²) in [4.78, 5) is 11.1. The highest BCUT2D eigenvalue weighted by atomic mass is 16.1. The van der Waals surface area contributed by atoms with Gasteiger partial charge in [0, 0.05) is 0 Å². The molecular formula is C10H13NO. The molecule has 0 fully saturated rings. The smallest absolute Gasteiger partial charge is 0.155 e. The number of hydrogen-bond acceptors (Lipinski definition) is 2. The van der Waals surface area contributed by atoms with Crippen LogP contribution in [0.2, 0.25) is 0 Å². The van der Waals surface area contributed by atoms with Crippen LogP contribution in [0.15, 0.2) is 11.1 Å². The lowest BCUT2D eigenvalue weighted by Gasteiger charge is -2.19. The number of carbonyl (C=O) groups is 1. The fraction of sp³-hybridized carbons (Fsp3) is 0.600. The summed E-state index contributed by atoms with van der Waals surface area (Å²) >= 11 is 0. The van der Waals surface area contributed by atoms with Crippen LogP contribution in [0.25, 0.3) is 0 Å². The lowest BCUT2D eigenvalue weighted by Crippen LogP contribution is -2.12. The number of hydrogen-bond donors (Lipinski definition) is 0. The molecule has 0 spiro atoms. The Morgan fingerprint density at radius 3 is 2.83 bits per heavy atom. The van der Waals surface area contributed by atoms with Gasteiger partial charge in [0.1, 0.15) is 0 Å². The molecule has 2 nitrogen and oxygen atoms in total. The van der Waals surface area contributed by atoms with Crippen molar-refractivity contribution in [1.29, 1.82) is 5.26 Å². The Balaban J connectivity index is 2.82. The van der Waals surface area contributed by atoms with Crippen molar-refractivity contribution in [3.8, 4) is 6.07 Å². The van der Waals surface area contributed by atoms with Crippen molar-refractivity contribution in [2.24, 2.45) is 5.92 Å². The molecular weight excluding hydrogens is 150 g/mol. The molecule has 2 heteroatoms. The van der Waals surface area contributed by atoms with Gasteiger partial charge in [0.05, 0.1) is 12.0 Å². The van der Waals surface area contributed by atoms with E-state index in [4.69, 9.17) is 5.26 Å². The quantitative estimate of drug-likeness (QED) is 0.594. The van der Waals surface area contributed by atoms with Gasteiger partial charge >= 0.3 is 0 Å². The molecule has 0 N–H and O–H groups in total. The number of Topliss-reactive ketones (excluding diaryl/α,β-unsaturated/α-hetero) is 1. The molecule has 1 aliphatic rings. The van der Waals surface area contributed by atoms with Crippen molar-refractivity contribution in [1.82, 2.24) is 0 Å². The maximum Gasteiger partial charge on any atom is 0.155 e. The highest BCUT2D eigenvalue weighted by Gasteiger charge is 2.20. The number of nitrogens with zero attached hydrogens (tertiary/aromatic N) is 1. The molecule has 0 saturated carbocycles. The first-order valence-electron chi connectivity index (χ1n) is 4.24. The van der Waals surface area contributed by atoms with Crippen molar-refractivity contribution in [2.75, 3.05) is 0 Å². The van der Waals surface area contributed by atoms with E-state index in [1.54, 1.807) is 6.92 Å². The molecule has 1 atom stereocenters. The third-order valence-electron chi connectivity index (χ3n) is 2.44. The van der Waals surface area contributed by atoms with E-state index in [1.807, 2.05) is 6.92 Å². The van der Waals surface area contributed by atoms with Gasteiger partial charge in [-0.3, -0.25) is 4.79 Å². The van der Waals surface area contributed by atoms with Crippen LogP contribution < -0.4 is 0 Å². The first-order valence-corrected chi connectivity index (χ1v) is 4.24. The highest BCUT2D eigenvalue weighted by molar-refractivity contribution is 5.94. The SMILES string of the molecule is CC(=O)C1=C(C)CCC(C#N)C1. The number of rotatable bonds is 1. The molecule has 64 valence electrons. The molecule has 0 saturated heterocycles. The Morgan fingerprint density at radius 1 is 1.67 bits per heavy atom. The second-order valence-corrected chi connectivity index (χ2v) is 3.38. The minimum Gasteiger partial charge on any atom is -0.295 e. The zero-order valence-electron chi connectivity index (χ0n) is 7.55. The van der Waals surface area contributed by atoms with Crippen molar-refractivity contribution in [2.45, 2.75) is 33.1 Å². The van der Waals surface area contributed by atoms with Gasteiger partial charge in [0.2, 0.25) is 0 Å². The van der Waals surface area contributed by atoms with Crippen LogP contribution in [0.4, 0.5) is 0 Å². The molecule has 0 bridgehead atoms. The van der Waals surface area contributed by atoms with Gasteiger partial charge in [-0.15, -0.1) is 0 Å². The first-order chi connectivity index (χ1) is 5.65. The van der Waals surface area contributed by atoms with Gasteiger partial charge in [-0.25, -0.2) is 0 Å². The van der Waals surface area contributed by atoms with E-state index >= 15 is 0 Å². The van der Waals surface area contributed by atoms with Gasteiger partial charge in [-0.2, -0.15) is 5.26 Å². The topological polar surface area (TPSA) is 40.9 Å². The van der Waals surface area contributed by atoms with Gasteiger partial charge in [-0.05, 0) is 38.7 Å². The summed E-state index contributed by atoms with van der Waals surface area (Å²) < 4.78 is 0. The van der Waals surface area contributed by atoms with Crippen LogP contribution in [-0.4, -0.2) is 5.78 Å². The van der Waals surface area contributed by atoms with Crippen LogP contribution in [0, 0.1) is 17.2 Å². The van der Waals surface area contributed by atoms with Crippen LogP contribution in [0.1, 0.15) is 33.1 Å². The van der Waals surface area contributed by atoms with E-state index in [0.717, 1.165) is 18.4 Å². The molecule has 0 aliphatic heterocycles. The Bertz CT molecular complexity index is 270. The molecule has 12 heavy (non-hydrogen) atoms. The fourth-order valence-corrected chi connectivity index (χ4v) is 1.62. The van der Waals surface area contributed by atoms with Gasteiger partial charge in [0.15, 0.2) is 5.78 Å². The third-order valence-corrected chi connectivity index (χ3v) is 2.44. The van der Waals surface area contributed by atoms with E-state index in [-0.39, 0.29) is 11.7 Å². The number of ketones is 1. The predicted octanol–water partition coefficient (Wildman–Crippen LogP) is 2.22. The van der Waals surface area contributed by atoms with Crippen molar-refractivity contribution < 1.29 is 4.79 Å². The summed E-state index contributed by atoms with van der Waals surface area (Å²) in [5.74, 6) is 0.194. The largest absolute Gasteiger partial charge is 0.295 e. The van der Waals surface area contributed by atoms with Crippen molar-refractivity contribution in [3.05, 3.63) is 11.1 Å². The molecule has 1 aliphatic carbocycles. The zero-order chi connectivity index (χ0) is 9.14. The molecule has 1 rings (SSSR count). The van der Waals surface area contributed by atoms with Crippen LogP contribution in [-0.2, 0) is 4.79 Å². The van der Waals surface area contributed by atoms with Gasteiger partial charge in [-0.1, -0.05) is 5.57 Å². The fourth-order valence-electron chi connectivity index (χ4n) is 1.62. The molecule has 0 aromatic heterocycles. The molecule has 0 amide bonds. The summed E-state index contributed by atoms with van der Waals surface area (Å²) in [6, 6.07) is 2.22. The molecule has 0 heterocycles. The van der Waals surface area contributed by atoms with Crippen LogP contribution in [0.3, 0.4) is 0 Å². The lowest BCUT2D eigenvalue weighted by molar-refractivity contribution is -0.113. The minimum atomic E-state index is 0.0626. The Labute approximate surface area is 72.9 Å². The van der Waals surface area contributed by atoms with Crippen LogP contribution in [0.5, 0.6) is 0 Å². The average Bonchev–Trinajstić information content (AvgIpc) is 2.05.